The number of aliphatic hydroxyl groups excluding tert-OH is 1. The third-order valence-electron chi connectivity index (χ3n) is 9.75. The molecule has 0 bridgehead atoms. The maximum atomic E-state index is 13.9. The maximum absolute atomic E-state index is 13.9. The fraction of sp³-hybridized carbons (Fsp3) is 0.815. The zero-order chi connectivity index (χ0) is 27.4. The van der Waals surface area contributed by atoms with Gasteiger partial charge in [-0.05, 0) is 44.9 Å². The molecule has 0 aromatic rings. The number of hydrogen-bond donors (Lipinski definition) is 3. The second-order valence-electron chi connectivity index (χ2n) is 12.5. The summed E-state index contributed by atoms with van der Waals surface area (Å²) in [7, 11) is 0. The van der Waals surface area contributed by atoms with Crippen LogP contribution < -0.4 is 5.43 Å². The van der Waals surface area contributed by atoms with Gasteiger partial charge in [-0.1, -0.05) is 33.3 Å². The second kappa shape index (κ2) is 9.32. The average Bonchev–Trinajstić information content (AvgIpc) is 2.82. The Kier molecular flexibility index (Phi) is 7.06. The van der Waals surface area contributed by atoms with E-state index in [-0.39, 0.29) is 12.9 Å². The van der Waals surface area contributed by atoms with Gasteiger partial charge in [0.1, 0.15) is 11.7 Å². The van der Waals surface area contributed by atoms with Crippen molar-refractivity contribution in [2.45, 2.75) is 108 Å². The van der Waals surface area contributed by atoms with Crippen LogP contribution in [0, 0.1) is 16.7 Å². The molecule has 2 saturated heterocycles. The van der Waals surface area contributed by atoms with Gasteiger partial charge in [0.2, 0.25) is 0 Å². The van der Waals surface area contributed by atoms with E-state index < -0.39 is 63.7 Å². The van der Waals surface area contributed by atoms with Crippen LogP contribution in [0.15, 0.2) is 12.7 Å². The zero-order valence-electron chi connectivity index (χ0n) is 22.6. The highest BCUT2D eigenvalue weighted by atomic mass is 16.6. The van der Waals surface area contributed by atoms with Crippen LogP contribution in [0.5, 0.6) is 0 Å². The fourth-order valence-corrected chi connectivity index (χ4v) is 7.94. The van der Waals surface area contributed by atoms with Crippen molar-refractivity contribution in [3.05, 3.63) is 12.7 Å². The summed E-state index contributed by atoms with van der Waals surface area (Å²) in [6.07, 6.45) is 0.846. The number of amides is 1. The van der Waals surface area contributed by atoms with E-state index in [2.05, 4.69) is 12.0 Å². The predicted molar refractivity (Wildman–Crippen MR) is 133 cm³/mol. The first-order valence-electron chi connectivity index (χ1n) is 13.3. The molecule has 4 rings (SSSR count). The van der Waals surface area contributed by atoms with Crippen molar-refractivity contribution in [2.75, 3.05) is 13.1 Å². The lowest BCUT2D eigenvalue weighted by molar-refractivity contribution is -0.368. The summed E-state index contributed by atoms with van der Waals surface area (Å²) in [4.78, 5) is 39.0. The van der Waals surface area contributed by atoms with Crippen LogP contribution in [0.1, 0.15) is 73.1 Å². The molecule has 1 amide bonds. The highest BCUT2D eigenvalue weighted by molar-refractivity contribution is 5.92. The molecule has 8 atom stereocenters. The van der Waals surface area contributed by atoms with E-state index in [1.165, 1.54) is 13.0 Å². The minimum Gasteiger partial charge on any atom is -0.457 e. The van der Waals surface area contributed by atoms with Crippen LogP contribution >= 0.6 is 0 Å². The average molecular weight is 523 g/mol. The summed E-state index contributed by atoms with van der Waals surface area (Å²) in [5, 5.41) is 25.8. The first-order chi connectivity index (χ1) is 17.2. The van der Waals surface area contributed by atoms with Gasteiger partial charge >= 0.3 is 6.09 Å². The number of ether oxygens (including phenoxy) is 3. The van der Waals surface area contributed by atoms with Gasteiger partial charge in [-0.3, -0.25) is 15.0 Å². The van der Waals surface area contributed by atoms with Crippen LogP contribution in [-0.4, -0.2) is 81.8 Å². The van der Waals surface area contributed by atoms with Crippen LogP contribution in [-0.2, 0) is 23.8 Å². The normalized spacial score (nSPS) is 45.6. The molecule has 2 aliphatic carbocycles. The van der Waals surface area contributed by atoms with Gasteiger partial charge in [-0.25, -0.2) is 9.80 Å². The van der Waals surface area contributed by atoms with Crippen molar-refractivity contribution in [3.8, 4) is 0 Å². The molecule has 208 valence electrons. The molecule has 3 N–H and O–H groups in total. The SMILES string of the molecule is C=C[C@@]1(C)CC(=O)[C@]2(O)[C@@]3(C)[C@@H](O)CCC(C)(C)[C@@H]3[C@H](OC(=O)NN3CCCCC3)[C@H](OC=O)[C@@]2(C)O1. The minimum absolute atomic E-state index is 0.174. The molecule has 0 aromatic carbocycles. The molecular weight excluding hydrogens is 480 g/mol. The number of nitrogens with one attached hydrogen (secondary N) is 1. The number of aliphatic hydroxyl groups is 2. The summed E-state index contributed by atoms with van der Waals surface area (Å²) in [5.41, 5.74) is -4.59. The van der Waals surface area contributed by atoms with Gasteiger partial charge in [-0.15, -0.1) is 6.58 Å². The van der Waals surface area contributed by atoms with Gasteiger partial charge in [0.25, 0.3) is 6.47 Å². The Labute approximate surface area is 218 Å². The van der Waals surface area contributed by atoms with Crippen LogP contribution in [0.25, 0.3) is 0 Å². The van der Waals surface area contributed by atoms with Crippen LogP contribution in [0.2, 0.25) is 0 Å². The van der Waals surface area contributed by atoms with E-state index in [4.69, 9.17) is 14.2 Å². The third kappa shape index (κ3) is 4.02. The predicted octanol–water partition coefficient (Wildman–Crippen LogP) is 2.26. The topological polar surface area (TPSA) is 135 Å². The summed E-state index contributed by atoms with van der Waals surface area (Å²) < 4.78 is 18.1. The third-order valence-corrected chi connectivity index (χ3v) is 9.75. The Morgan fingerprint density at radius 2 is 1.84 bits per heavy atom. The number of piperidine rings is 1. The Morgan fingerprint density at radius 3 is 2.43 bits per heavy atom. The number of ketones is 1. The second-order valence-corrected chi connectivity index (χ2v) is 12.5. The molecule has 0 radical (unpaired) electrons. The maximum Gasteiger partial charge on any atom is 0.422 e. The molecule has 0 spiro atoms. The lowest BCUT2D eigenvalue weighted by atomic mass is 9.39. The Morgan fingerprint density at radius 1 is 1.19 bits per heavy atom. The molecule has 0 aromatic heterocycles. The highest BCUT2D eigenvalue weighted by Gasteiger charge is 2.82. The van der Waals surface area contributed by atoms with Gasteiger partial charge in [0.15, 0.2) is 17.5 Å². The van der Waals surface area contributed by atoms with E-state index in [0.29, 0.717) is 25.9 Å². The standard InChI is InChI=1S/C27H42N2O8/c1-7-24(4)15-18(32)27(34)25(5)17(31)11-12-23(2,3)20(25)19(21(35-16-30)26(27,6)37-24)36-22(33)28-29-13-9-8-10-14-29/h7,16-17,19-21,31,34H,1,8-15H2,2-6H3,(H,28,33)/t17-,19-,20-,21-,24-,25-,26+,27-/m0/s1. The molecule has 4 fully saturated rings. The monoisotopic (exact) mass is 522 g/mol. The number of carbonyl (C=O) groups is 3. The minimum atomic E-state index is -2.25. The molecule has 2 aliphatic heterocycles. The number of rotatable bonds is 5. The number of fused-ring (bicyclic) bond motifs is 3. The van der Waals surface area contributed by atoms with Crippen molar-refractivity contribution < 1.29 is 38.8 Å². The number of hydrazine groups is 1. The first kappa shape index (κ1) is 28.0. The summed E-state index contributed by atoms with van der Waals surface area (Å²) in [6, 6.07) is 0. The van der Waals surface area contributed by atoms with Gasteiger partial charge in [0.05, 0.1) is 11.7 Å². The quantitative estimate of drug-likeness (QED) is 0.367. The van der Waals surface area contributed by atoms with Crippen molar-refractivity contribution in [1.82, 2.24) is 10.4 Å². The van der Waals surface area contributed by atoms with Crippen molar-refractivity contribution >= 4 is 18.3 Å². The molecule has 2 saturated carbocycles. The lowest BCUT2D eigenvalue weighted by Crippen LogP contribution is -2.87. The van der Waals surface area contributed by atoms with Crippen molar-refractivity contribution in [2.24, 2.45) is 16.7 Å². The van der Waals surface area contributed by atoms with Gasteiger partial charge < -0.3 is 24.4 Å². The largest absolute Gasteiger partial charge is 0.457 e. The summed E-state index contributed by atoms with van der Waals surface area (Å²) in [6.45, 7) is 14.1. The van der Waals surface area contributed by atoms with E-state index in [1.54, 1.807) is 18.9 Å². The smallest absolute Gasteiger partial charge is 0.422 e. The lowest BCUT2D eigenvalue weighted by Gasteiger charge is -2.71. The fourth-order valence-electron chi connectivity index (χ4n) is 7.94. The number of nitrogens with zero attached hydrogens (tertiary/aromatic N) is 1. The van der Waals surface area contributed by atoms with Crippen molar-refractivity contribution in [3.63, 3.8) is 0 Å². The Hall–Kier alpha value is -2.01. The Bertz CT molecular complexity index is 951. The molecule has 2 heterocycles. The zero-order valence-corrected chi connectivity index (χ0v) is 22.6. The molecule has 0 unspecified atom stereocenters. The summed E-state index contributed by atoms with van der Waals surface area (Å²) in [5.74, 6) is -1.29. The highest BCUT2D eigenvalue weighted by Crippen LogP contribution is 2.67. The van der Waals surface area contributed by atoms with Crippen LogP contribution in [0.3, 0.4) is 0 Å². The number of Topliss-reactive ketones (excluding diaryl/α,β-unsaturated/α-hetero) is 1. The molecular formula is C27H42N2O8. The van der Waals surface area contributed by atoms with Gasteiger partial charge in [-0.2, -0.15) is 0 Å². The van der Waals surface area contributed by atoms with Crippen LogP contribution in [0.4, 0.5) is 4.79 Å². The first-order valence-corrected chi connectivity index (χ1v) is 13.3. The number of hydrogen-bond acceptors (Lipinski definition) is 9. The number of carbonyl (C=O) groups excluding carboxylic acids is 3. The van der Waals surface area contributed by atoms with E-state index in [9.17, 15) is 24.6 Å². The molecule has 10 nitrogen and oxygen atoms in total. The molecule has 37 heavy (non-hydrogen) atoms. The Balaban J connectivity index is 1.86. The van der Waals surface area contributed by atoms with E-state index in [0.717, 1.165) is 19.3 Å². The van der Waals surface area contributed by atoms with Gasteiger partial charge in [0, 0.05) is 30.8 Å². The molecule has 4 aliphatic rings. The summed E-state index contributed by atoms with van der Waals surface area (Å²) >= 11 is 0. The van der Waals surface area contributed by atoms with E-state index in [1.807, 2.05) is 13.8 Å². The van der Waals surface area contributed by atoms with E-state index >= 15 is 0 Å². The van der Waals surface area contributed by atoms with Crippen molar-refractivity contribution in [1.29, 1.82) is 0 Å². The molecule has 10 heteroatoms.